The molecule has 1 aromatic rings. The molecule has 1 atom stereocenters. The lowest BCUT2D eigenvalue weighted by Crippen LogP contribution is -2.55. The van der Waals surface area contributed by atoms with Crippen LogP contribution < -0.4 is 15.6 Å². The minimum absolute atomic E-state index is 0.0214. The zero-order valence-corrected chi connectivity index (χ0v) is 10.3. The summed E-state index contributed by atoms with van der Waals surface area (Å²) in [5.41, 5.74) is 4.37. The summed E-state index contributed by atoms with van der Waals surface area (Å²) in [5, 5.41) is 20.0. The second kappa shape index (κ2) is 5.18. The molecule has 0 spiro atoms. The quantitative estimate of drug-likeness (QED) is 0.787. The van der Waals surface area contributed by atoms with Crippen molar-refractivity contribution in [3.63, 3.8) is 0 Å². The SMILES string of the molecule is COc1cc([C@H]([NH3+])CC(=O)[O-])cc(Br)c1O. The third kappa shape index (κ3) is 2.86. The molecule has 0 saturated carbocycles. The normalized spacial score (nSPS) is 12.2. The number of carboxylic acids is 1. The van der Waals surface area contributed by atoms with Crippen molar-refractivity contribution in [2.24, 2.45) is 0 Å². The van der Waals surface area contributed by atoms with Crippen LogP contribution in [0.2, 0.25) is 0 Å². The highest BCUT2D eigenvalue weighted by Gasteiger charge is 2.15. The van der Waals surface area contributed by atoms with Crippen molar-refractivity contribution in [2.45, 2.75) is 12.5 Å². The zero-order valence-electron chi connectivity index (χ0n) is 8.70. The van der Waals surface area contributed by atoms with Crippen LogP contribution in [0.4, 0.5) is 0 Å². The number of aliphatic carboxylic acids is 1. The van der Waals surface area contributed by atoms with E-state index in [1.54, 1.807) is 12.1 Å². The van der Waals surface area contributed by atoms with E-state index in [1.807, 2.05) is 0 Å². The van der Waals surface area contributed by atoms with E-state index in [4.69, 9.17) is 4.74 Å². The van der Waals surface area contributed by atoms with Gasteiger partial charge in [-0.2, -0.15) is 0 Å². The predicted octanol–water partition coefficient (Wildman–Crippen LogP) is -0.414. The van der Waals surface area contributed by atoms with Gasteiger partial charge in [0, 0.05) is 18.0 Å². The molecule has 4 N–H and O–H groups in total. The van der Waals surface area contributed by atoms with Gasteiger partial charge in [0.2, 0.25) is 0 Å². The summed E-state index contributed by atoms with van der Waals surface area (Å²) in [5.74, 6) is -0.911. The maximum atomic E-state index is 10.4. The topological polar surface area (TPSA) is 97.2 Å². The number of carboxylic acid groups (broad SMARTS) is 1. The first-order chi connectivity index (χ1) is 7.45. The number of hydrogen-bond acceptors (Lipinski definition) is 4. The molecule has 0 aliphatic rings. The molecule has 0 unspecified atom stereocenters. The molecule has 1 rings (SSSR count). The Hall–Kier alpha value is -1.27. The molecule has 0 bridgehead atoms. The summed E-state index contributed by atoms with van der Waals surface area (Å²) in [7, 11) is 1.42. The largest absolute Gasteiger partial charge is 0.550 e. The predicted molar refractivity (Wildman–Crippen MR) is 57.6 cm³/mol. The molecule has 6 heteroatoms. The van der Waals surface area contributed by atoms with Crippen molar-refractivity contribution in [1.82, 2.24) is 0 Å². The van der Waals surface area contributed by atoms with Gasteiger partial charge in [0.25, 0.3) is 0 Å². The maximum absolute atomic E-state index is 10.4. The molecule has 0 saturated heterocycles. The Balaban J connectivity index is 3.05. The van der Waals surface area contributed by atoms with Crippen LogP contribution in [0.15, 0.2) is 16.6 Å². The van der Waals surface area contributed by atoms with Crippen LogP contribution in [-0.4, -0.2) is 18.2 Å². The molecule has 0 heterocycles. The maximum Gasteiger partial charge on any atom is 0.172 e. The Bertz CT molecular complexity index is 408. The first-order valence-corrected chi connectivity index (χ1v) is 5.34. The number of quaternary nitrogens is 1. The Morgan fingerprint density at radius 1 is 1.69 bits per heavy atom. The van der Waals surface area contributed by atoms with Crippen LogP contribution in [0.3, 0.4) is 0 Å². The van der Waals surface area contributed by atoms with Gasteiger partial charge in [-0.05, 0) is 28.1 Å². The minimum Gasteiger partial charge on any atom is -0.550 e. The average Bonchev–Trinajstić information content (AvgIpc) is 2.20. The van der Waals surface area contributed by atoms with E-state index < -0.39 is 12.0 Å². The van der Waals surface area contributed by atoms with Gasteiger partial charge in [0.05, 0.1) is 11.6 Å². The fourth-order valence-electron chi connectivity index (χ4n) is 1.30. The number of carbonyl (C=O) groups is 1. The second-order valence-electron chi connectivity index (χ2n) is 3.33. The number of methoxy groups -OCH3 is 1. The van der Waals surface area contributed by atoms with Crippen LogP contribution in [-0.2, 0) is 4.79 Å². The molecule has 0 aliphatic heterocycles. The Kier molecular flexibility index (Phi) is 4.14. The van der Waals surface area contributed by atoms with Crippen LogP contribution in [0.5, 0.6) is 11.5 Å². The minimum atomic E-state index is -1.16. The summed E-state index contributed by atoms with van der Waals surface area (Å²) in [6.45, 7) is 0. The average molecular weight is 290 g/mol. The van der Waals surface area contributed by atoms with Gasteiger partial charge >= 0.3 is 0 Å². The summed E-state index contributed by atoms with van der Waals surface area (Å²) in [6, 6.07) is 2.72. The Morgan fingerprint density at radius 2 is 2.31 bits per heavy atom. The first kappa shape index (κ1) is 12.8. The summed E-state index contributed by atoms with van der Waals surface area (Å²) in [4.78, 5) is 10.4. The molecule has 0 amide bonds. The molecule has 0 aliphatic carbocycles. The van der Waals surface area contributed by atoms with Gasteiger partial charge in [-0.15, -0.1) is 0 Å². The number of hydrogen-bond donors (Lipinski definition) is 2. The van der Waals surface area contributed by atoms with Crippen LogP contribution in [0.1, 0.15) is 18.0 Å². The number of benzene rings is 1. The van der Waals surface area contributed by atoms with E-state index in [9.17, 15) is 15.0 Å². The highest BCUT2D eigenvalue weighted by Crippen LogP contribution is 2.36. The molecule has 88 valence electrons. The van der Waals surface area contributed by atoms with Crippen molar-refractivity contribution < 1.29 is 25.5 Å². The van der Waals surface area contributed by atoms with Gasteiger partial charge in [-0.25, -0.2) is 0 Å². The summed E-state index contributed by atoms with van der Waals surface area (Å²) < 4.78 is 5.39. The van der Waals surface area contributed by atoms with Crippen molar-refractivity contribution in [3.05, 3.63) is 22.2 Å². The van der Waals surface area contributed by atoms with E-state index >= 15 is 0 Å². The number of rotatable bonds is 4. The van der Waals surface area contributed by atoms with Gasteiger partial charge in [-0.3, -0.25) is 0 Å². The number of ether oxygens (including phenoxy) is 1. The van der Waals surface area contributed by atoms with E-state index in [1.165, 1.54) is 7.11 Å². The summed E-state index contributed by atoms with van der Waals surface area (Å²) >= 11 is 3.15. The fourth-order valence-corrected chi connectivity index (χ4v) is 1.76. The molecule has 0 fully saturated rings. The van der Waals surface area contributed by atoms with Crippen molar-refractivity contribution in [3.8, 4) is 11.5 Å². The number of aromatic hydroxyl groups is 1. The highest BCUT2D eigenvalue weighted by molar-refractivity contribution is 9.10. The van der Waals surface area contributed by atoms with Crippen molar-refractivity contribution in [1.29, 1.82) is 0 Å². The van der Waals surface area contributed by atoms with Crippen LogP contribution in [0.25, 0.3) is 0 Å². The number of phenols is 1. The molecule has 5 nitrogen and oxygen atoms in total. The monoisotopic (exact) mass is 289 g/mol. The third-order valence-electron chi connectivity index (χ3n) is 2.16. The number of phenolic OH excluding ortho intramolecular Hbond substituents is 1. The smallest absolute Gasteiger partial charge is 0.172 e. The third-order valence-corrected chi connectivity index (χ3v) is 2.76. The van der Waals surface area contributed by atoms with Crippen LogP contribution >= 0.6 is 15.9 Å². The molecular formula is C10H12BrNO4. The lowest BCUT2D eigenvalue weighted by atomic mass is 10.0. The van der Waals surface area contributed by atoms with Crippen LogP contribution in [0, 0.1) is 0 Å². The Labute approximate surface area is 101 Å². The lowest BCUT2D eigenvalue weighted by molar-refractivity contribution is -0.430. The fraction of sp³-hybridized carbons (Fsp3) is 0.300. The molecule has 0 radical (unpaired) electrons. The number of carbonyl (C=O) groups excluding carboxylic acids is 1. The molecule has 16 heavy (non-hydrogen) atoms. The van der Waals surface area contributed by atoms with E-state index in [0.717, 1.165) is 0 Å². The number of halogens is 1. The molecular weight excluding hydrogens is 278 g/mol. The van der Waals surface area contributed by atoms with Gasteiger partial charge in [0.15, 0.2) is 11.5 Å². The highest BCUT2D eigenvalue weighted by atomic mass is 79.9. The Morgan fingerprint density at radius 3 is 2.81 bits per heavy atom. The van der Waals surface area contributed by atoms with Gasteiger partial charge in [0.1, 0.15) is 6.04 Å². The molecule has 0 aromatic heterocycles. The second-order valence-corrected chi connectivity index (χ2v) is 4.18. The van der Waals surface area contributed by atoms with Crippen molar-refractivity contribution in [2.75, 3.05) is 7.11 Å². The van der Waals surface area contributed by atoms with E-state index in [0.29, 0.717) is 10.0 Å². The first-order valence-electron chi connectivity index (χ1n) is 4.55. The van der Waals surface area contributed by atoms with E-state index in [-0.39, 0.29) is 17.9 Å². The zero-order chi connectivity index (χ0) is 12.3. The lowest BCUT2D eigenvalue weighted by Gasteiger charge is -2.13. The summed E-state index contributed by atoms with van der Waals surface area (Å²) in [6.07, 6.45) is -0.180. The van der Waals surface area contributed by atoms with Crippen molar-refractivity contribution >= 4 is 21.9 Å². The van der Waals surface area contributed by atoms with Gasteiger partial charge in [-0.1, -0.05) is 0 Å². The molecule has 1 aromatic carbocycles. The van der Waals surface area contributed by atoms with Gasteiger partial charge < -0.3 is 25.5 Å². The standard InChI is InChI=1S/C10H12BrNO4/c1-16-8-3-5(2-6(11)10(8)15)7(12)4-9(13)14/h2-3,7,15H,4,12H2,1H3,(H,13,14)/t7-/m1/s1. The van der Waals surface area contributed by atoms with E-state index in [2.05, 4.69) is 21.7 Å².